The molecule has 2 heteroatoms. The van der Waals surface area contributed by atoms with Crippen LogP contribution in [-0.4, -0.2) is 31.1 Å². The van der Waals surface area contributed by atoms with Gasteiger partial charge in [0.15, 0.2) is 0 Å². The van der Waals surface area contributed by atoms with Crippen LogP contribution >= 0.6 is 0 Å². The molecule has 0 aliphatic carbocycles. The Morgan fingerprint density at radius 3 is 2.50 bits per heavy atom. The van der Waals surface area contributed by atoms with E-state index in [1.807, 2.05) is 0 Å². The van der Waals surface area contributed by atoms with Crippen LogP contribution in [-0.2, 0) is 5.54 Å². The molecule has 1 aliphatic heterocycles. The molecule has 0 saturated carbocycles. The molecule has 1 aromatic rings. The molecule has 0 spiro atoms. The van der Waals surface area contributed by atoms with Crippen molar-refractivity contribution in [2.75, 3.05) is 26.2 Å². The lowest BCUT2D eigenvalue weighted by atomic mass is 9.80. The van der Waals surface area contributed by atoms with Gasteiger partial charge in [0.2, 0.25) is 0 Å². The van der Waals surface area contributed by atoms with E-state index in [1.165, 1.54) is 12.1 Å². The number of piperazine rings is 1. The van der Waals surface area contributed by atoms with E-state index >= 15 is 0 Å². The topological polar surface area (TPSA) is 15.3 Å². The molecule has 1 N–H and O–H groups in total. The number of hydrogen-bond donors (Lipinski definition) is 1. The zero-order chi connectivity index (χ0) is 14.8. The first kappa shape index (κ1) is 15.5. The molecular weight excluding hydrogens is 244 g/mol. The summed E-state index contributed by atoms with van der Waals surface area (Å²) in [6, 6.07) is 10.8. The van der Waals surface area contributed by atoms with Crippen molar-refractivity contribution in [3.8, 4) is 0 Å². The van der Waals surface area contributed by atoms with Crippen molar-refractivity contribution in [1.82, 2.24) is 10.2 Å². The second-order valence-corrected chi connectivity index (χ2v) is 7.48. The molecule has 1 heterocycles. The lowest BCUT2D eigenvalue weighted by Gasteiger charge is -2.45. The molecule has 1 aliphatic rings. The second kappa shape index (κ2) is 5.87. The van der Waals surface area contributed by atoms with Crippen LogP contribution < -0.4 is 5.32 Å². The summed E-state index contributed by atoms with van der Waals surface area (Å²) in [5.41, 5.74) is 1.84. The molecule has 20 heavy (non-hydrogen) atoms. The third-order valence-corrected chi connectivity index (χ3v) is 5.09. The average molecular weight is 274 g/mol. The Hall–Kier alpha value is -0.860. The zero-order valence-corrected chi connectivity index (χ0v) is 13.7. The van der Waals surface area contributed by atoms with Crippen LogP contribution in [0.4, 0.5) is 0 Å². The van der Waals surface area contributed by atoms with Gasteiger partial charge in [0.05, 0.1) is 5.54 Å². The van der Waals surface area contributed by atoms with Gasteiger partial charge in [0, 0.05) is 26.2 Å². The summed E-state index contributed by atoms with van der Waals surface area (Å²) in [5, 5.41) is 3.72. The highest BCUT2D eigenvalue weighted by atomic mass is 15.2. The van der Waals surface area contributed by atoms with Crippen molar-refractivity contribution in [3.63, 3.8) is 0 Å². The van der Waals surface area contributed by atoms with Gasteiger partial charge in [0.1, 0.15) is 0 Å². The van der Waals surface area contributed by atoms with Crippen molar-refractivity contribution < 1.29 is 0 Å². The first-order valence-corrected chi connectivity index (χ1v) is 7.86. The Labute approximate surface area is 124 Å². The molecular formula is C18H30N2. The molecule has 1 saturated heterocycles. The van der Waals surface area contributed by atoms with E-state index in [1.54, 1.807) is 0 Å². The Morgan fingerprint density at radius 2 is 1.90 bits per heavy atom. The molecule has 0 amide bonds. The van der Waals surface area contributed by atoms with Crippen LogP contribution in [0, 0.1) is 11.3 Å². The highest BCUT2D eigenvalue weighted by Gasteiger charge is 2.34. The van der Waals surface area contributed by atoms with Crippen molar-refractivity contribution in [2.45, 2.75) is 40.2 Å². The van der Waals surface area contributed by atoms with E-state index in [9.17, 15) is 0 Å². The maximum Gasteiger partial charge on any atom is 0.0535 e. The second-order valence-electron chi connectivity index (χ2n) is 7.48. The zero-order valence-electron chi connectivity index (χ0n) is 13.7. The lowest BCUT2D eigenvalue weighted by Crippen LogP contribution is -2.58. The fourth-order valence-electron chi connectivity index (χ4n) is 2.97. The number of nitrogens with one attached hydrogen (secondary N) is 1. The van der Waals surface area contributed by atoms with Crippen LogP contribution in [0.25, 0.3) is 0 Å². The fourth-order valence-corrected chi connectivity index (χ4v) is 2.97. The Balaban J connectivity index is 2.09. The average Bonchev–Trinajstić information content (AvgIpc) is 2.39. The summed E-state index contributed by atoms with van der Waals surface area (Å²) in [6.45, 7) is 16.3. The predicted molar refractivity (Wildman–Crippen MR) is 86.9 cm³/mol. The van der Waals surface area contributed by atoms with Gasteiger partial charge in [-0.2, -0.15) is 0 Å². The number of hydrogen-bond acceptors (Lipinski definition) is 2. The summed E-state index contributed by atoms with van der Waals surface area (Å²) in [6.07, 6.45) is 0. The minimum Gasteiger partial charge on any atom is -0.305 e. The monoisotopic (exact) mass is 274 g/mol. The van der Waals surface area contributed by atoms with Crippen molar-refractivity contribution in [1.29, 1.82) is 0 Å². The first-order valence-electron chi connectivity index (χ1n) is 7.86. The summed E-state index contributed by atoms with van der Waals surface area (Å²) in [4.78, 5) is 2.63. The molecule has 1 unspecified atom stereocenters. The number of benzene rings is 1. The fraction of sp³-hybridized carbons (Fsp3) is 0.667. The minimum atomic E-state index is 0.0760. The third-order valence-electron chi connectivity index (χ3n) is 5.09. The molecule has 0 radical (unpaired) electrons. The minimum absolute atomic E-state index is 0.0760. The summed E-state index contributed by atoms with van der Waals surface area (Å²) < 4.78 is 0. The van der Waals surface area contributed by atoms with Gasteiger partial charge in [-0.05, 0) is 23.8 Å². The van der Waals surface area contributed by atoms with E-state index in [0.717, 1.165) is 19.6 Å². The van der Waals surface area contributed by atoms with E-state index in [4.69, 9.17) is 0 Å². The van der Waals surface area contributed by atoms with Crippen molar-refractivity contribution in [2.24, 2.45) is 11.3 Å². The molecule has 0 aromatic heterocycles. The summed E-state index contributed by atoms with van der Waals surface area (Å²) >= 11 is 0. The molecule has 0 bridgehead atoms. The number of rotatable bonds is 4. The SMILES string of the molecule is CC(C)C(C)(C)CN1CCNC(C)(c2ccccc2)C1. The molecule has 112 valence electrons. The van der Waals surface area contributed by atoms with Gasteiger partial charge in [-0.25, -0.2) is 0 Å². The standard InChI is InChI=1S/C18H30N2/c1-15(2)17(3,4)13-20-12-11-19-18(5,14-20)16-9-7-6-8-10-16/h6-10,15,19H,11-14H2,1-5H3. The van der Waals surface area contributed by atoms with Crippen LogP contribution in [0.3, 0.4) is 0 Å². The summed E-state index contributed by atoms with van der Waals surface area (Å²) in [5.74, 6) is 0.709. The van der Waals surface area contributed by atoms with Crippen LogP contribution in [0.5, 0.6) is 0 Å². The van der Waals surface area contributed by atoms with Gasteiger partial charge in [-0.1, -0.05) is 58.0 Å². The normalized spacial score (nSPS) is 25.1. The molecule has 2 rings (SSSR count). The van der Waals surface area contributed by atoms with Crippen molar-refractivity contribution in [3.05, 3.63) is 35.9 Å². The predicted octanol–water partition coefficient (Wildman–Crippen LogP) is 3.49. The van der Waals surface area contributed by atoms with E-state index in [-0.39, 0.29) is 5.54 Å². The molecule has 1 atom stereocenters. The van der Waals surface area contributed by atoms with E-state index in [2.05, 4.69) is 75.2 Å². The Bertz CT molecular complexity index is 424. The maximum atomic E-state index is 3.72. The molecule has 2 nitrogen and oxygen atoms in total. The highest BCUT2D eigenvalue weighted by molar-refractivity contribution is 5.24. The number of nitrogens with zero attached hydrogens (tertiary/aromatic N) is 1. The quantitative estimate of drug-likeness (QED) is 0.904. The highest BCUT2D eigenvalue weighted by Crippen LogP contribution is 2.30. The Morgan fingerprint density at radius 1 is 1.25 bits per heavy atom. The Kier molecular flexibility index (Phi) is 4.55. The van der Waals surface area contributed by atoms with Crippen LogP contribution in [0.15, 0.2) is 30.3 Å². The van der Waals surface area contributed by atoms with Crippen LogP contribution in [0.1, 0.15) is 40.2 Å². The first-order chi connectivity index (χ1) is 9.33. The smallest absolute Gasteiger partial charge is 0.0535 e. The molecule has 1 fully saturated rings. The van der Waals surface area contributed by atoms with Gasteiger partial charge in [-0.3, -0.25) is 4.90 Å². The maximum absolute atomic E-state index is 3.72. The van der Waals surface area contributed by atoms with Gasteiger partial charge >= 0.3 is 0 Å². The lowest BCUT2D eigenvalue weighted by molar-refractivity contribution is 0.0789. The van der Waals surface area contributed by atoms with E-state index in [0.29, 0.717) is 11.3 Å². The van der Waals surface area contributed by atoms with Gasteiger partial charge < -0.3 is 5.32 Å². The summed E-state index contributed by atoms with van der Waals surface area (Å²) in [7, 11) is 0. The van der Waals surface area contributed by atoms with Gasteiger partial charge in [0.25, 0.3) is 0 Å². The molecule has 1 aromatic carbocycles. The third kappa shape index (κ3) is 3.42. The van der Waals surface area contributed by atoms with Crippen molar-refractivity contribution >= 4 is 0 Å². The van der Waals surface area contributed by atoms with E-state index < -0.39 is 0 Å². The van der Waals surface area contributed by atoms with Crippen LogP contribution in [0.2, 0.25) is 0 Å². The van der Waals surface area contributed by atoms with Gasteiger partial charge in [-0.15, -0.1) is 0 Å². The largest absolute Gasteiger partial charge is 0.305 e.